The molecule has 28 heavy (non-hydrogen) atoms. The Hall–Kier alpha value is -2.84. The van der Waals surface area contributed by atoms with Gasteiger partial charge in [-0.1, -0.05) is 6.07 Å². The summed E-state index contributed by atoms with van der Waals surface area (Å²) in [4.78, 5) is 16.2. The molecule has 7 nitrogen and oxygen atoms in total. The van der Waals surface area contributed by atoms with Crippen LogP contribution in [0.15, 0.2) is 42.9 Å². The number of nitrogens with one attached hydrogen (secondary N) is 1. The topological polar surface area (TPSA) is 71.2 Å². The van der Waals surface area contributed by atoms with Gasteiger partial charge in [0.1, 0.15) is 5.00 Å². The van der Waals surface area contributed by atoms with Crippen molar-refractivity contribution in [2.45, 2.75) is 26.3 Å². The second kappa shape index (κ2) is 7.29. The molecule has 4 aromatic rings. The van der Waals surface area contributed by atoms with Crippen molar-refractivity contribution in [3.05, 3.63) is 54.2 Å². The van der Waals surface area contributed by atoms with Crippen LogP contribution in [0, 0.1) is 6.92 Å². The number of rotatable bonds is 5. The molecular formula is C20H21N7S. The van der Waals surface area contributed by atoms with Crippen LogP contribution in [0.3, 0.4) is 0 Å². The lowest BCUT2D eigenvalue weighted by Crippen LogP contribution is -2.18. The van der Waals surface area contributed by atoms with Crippen molar-refractivity contribution in [2.24, 2.45) is 0 Å². The van der Waals surface area contributed by atoms with Gasteiger partial charge in [0.15, 0.2) is 11.5 Å². The van der Waals surface area contributed by atoms with E-state index in [9.17, 15) is 0 Å². The monoisotopic (exact) mass is 391 g/mol. The SMILES string of the molecule is Cc1cn2c(-c3ccccn3)cnc2c(Nc2cc(CN3CCCC3)ns2)n1. The van der Waals surface area contributed by atoms with E-state index in [1.54, 1.807) is 6.20 Å². The zero-order chi connectivity index (χ0) is 18.9. The number of nitrogens with zero attached hydrogens (tertiary/aromatic N) is 6. The molecule has 0 aromatic carbocycles. The van der Waals surface area contributed by atoms with Gasteiger partial charge in [-0.2, -0.15) is 4.37 Å². The highest BCUT2D eigenvalue weighted by molar-refractivity contribution is 7.10. The fourth-order valence-electron chi connectivity index (χ4n) is 3.63. The minimum atomic E-state index is 0.735. The molecule has 1 aliphatic rings. The van der Waals surface area contributed by atoms with Crippen LogP contribution in [0.25, 0.3) is 17.0 Å². The lowest BCUT2D eigenvalue weighted by Gasteiger charge is -2.11. The van der Waals surface area contributed by atoms with Gasteiger partial charge in [-0.15, -0.1) is 0 Å². The van der Waals surface area contributed by atoms with E-state index in [0.29, 0.717) is 0 Å². The molecule has 5 heterocycles. The third-order valence-corrected chi connectivity index (χ3v) is 5.67. The fourth-order valence-corrected chi connectivity index (χ4v) is 4.29. The summed E-state index contributed by atoms with van der Waals surface area (Å²) in [7, 11) is 0. The van der Waals surface area contributed by atoms with Gasteiger partial charge in [-0.25, -0.2) is 9.97 Å². The Morgan fingerprint density at radius 2 is 2.07 bits per heavy atom. The number of hydrogen-bond acceptors (Lipinski definition) is 7. The molecule has 1 aliphatic heterocycles. The average molecular weight is 392 g/mol. The van der Waals surface area contributed by atoms with Gasteiger partial charge in [0, 0.05) is 18.9 Å². The number of imidazole rings is 1. The molecule has 0 bridgehead atoms. The van der Waals surface area contributed by atoms with Crippen LogP contribution in [0.1, 0.15) is 24.2 Å². The summed E-state index contributed by atoms with van der Waals surface area (Å²) in [6.45, 7) is 5.25. The van der Waals surface area contributed by atoms with Gasteiger partial charge in [0.05, 0.1) is 29.0 Å². The molecule has 0 unspecified atom stereocenters. The minimum absolute atomic E-state index is 0.735. The quantitative estimate of drug-likeness (QED) is 0.556. The number of fused-ring (bicyclic) bond motifs is 1. The molecular weight excluding hydrogens is 370 g/mol. The van der Waals surface area contributed by atoms with Gasteiger partial charge in [0.25, 0.3) is 0 Å². The number of pyridine rings is 1. The Kier molecular flexibility index (Phi) is 4.50. The molecule has 0 atom stereocenters. The predicted molar refractivity (Wildman–Crippen MR) is 111 cm³/mol. The van der Waals surface area contributed by atoms with Crippen LogP contribution in [0.5, 0.6) is 0 Å². The van der Waals surface area contributed by atoms with Crippen LogP contribution in [0.4, 0.5) is 10.8 Å². The highest BCUT2D eigenvalue weighted by Gasteiger charge is 2.16. The van der Waals surface area contributed by atoms with Gasteiger partial charge in [-0.3, -0.25) is 14.3 Å². The third-order valence-electron chi connectivity index (χ3n) is 4.92. The minimum Gasteiger partial charge on any atom is -0.328 e. The van der Waals surface area contributed by atoms with E-state index in [-0.39, 0.29) is 0 Å². The van der Waals surface area contributed by atoms with E-state index >= 15 is 0 Å². The normalized spacial score (nSPS) is 14.8. The molecule has 142 valence electrons. The Morgan fingerprint density at radius 1 is 1.18 bits per heavy atom. The molecule has 0 radical (unpaired) electrons. The van der Waals surface area contributed by atoms with E-state index in [2.05, 4.69) is 35.6 Å². The summed E-state index contributed by atoms with van der Waals surface area (Å²) in [6, 6.07) is 8.00. The van der Waals surface area contributed by atoms with Crippen molar-refractivity contribution in [2.75, 3.05) is 18.4 Å². The molecule has 0 amide bonds. The van der Waals surface area contributed by atoms with Crippen LogP contribution in [-0.4, -0.2) is 41.7 Å². The average Bonchev–Trinajstić information content (AvgIpc) is 3.44. The highest BCUT2D eigenvalue weighted by atomic mass is 32.1. The summed E-state index contributed by atoms with van der Waals surface area (Å²) in [5.74, 6) is 0.735. The maximum Gasteiger partial charge on any atom is 0.181 e. The smallest absolute Gasteiger partial charge is 0.181 e. The second-order valence-electron chi connectivity index (χ2n) is 7.07. The van der Waals surface area contributed by atoms with Crippen LogP contribution in [-0.2, 0) is 6.54 Å². The number of aromatic nitrogens is 5. The number of anilines is 2. The summed E-state index contributed by atoms with van der Waals surface area (Å²) in [5.41, 5.74) is 4.63. The fraction of sp³-hybridized carbons (Fsp3) is 0.300. The molecule has 1 N–H and O–H groups in total. The maximum atomic E-state index is 4.67. The van der Waals surface area contributed by atoms with Gasteiger partial charge in [-0.05, 0) is 62.6 Å². The second-order valence-corrected chi connectivity index (χ2v) is 7.88. The van der Waals surface area contributed by atoms with Gasteiger partial charge in [0.2, 0.25) is 0 Å². The first kappa shape index (κ1) is 17.3. The van der Waals surface area contributed by atoms with Crippen molar-refractivity contribution < 1.29 is 0 Å². The van der Waals surface area contributed by atoms with Crippen molar-refractivity contribution in [1.29, 1.82) is 0 Å². The Balaban J connectivity index is 1.45. The van der Waals surface area contributed by atoms with Crippen molar-refractivity contribution in [1.82, 2.24) is 28.6 Å². The van der Waals surface area contributed by atoms with E-state index in [1.807, 2.05) is 41.9 Å². The van der Waals surface area contributed by atoms with E-state index < -0.39 is 0 Å². The van der Waals surface area contributed by atoms with E-state index in [0.717, 1.165) is 45.8 Å². The van der Waals surface area contributed by atoms with Gasteiger partial charge < -0.3 is 5.32 Å². The summed E-state index contributed by atoms with van der Waals surface area (Å²) in [5, 5.41) is 4.40. The lowest BCUT2D eigenvalue weighted by molar-refractivity contribution is 0.328. The standard InChI is InChI=1S/C20H21N7S/c1-14-12-27-17(16-6-2-3-7-21-16)11-22-20(27)19(23-14)24-18-10-15(25-28-18)13-26-8-4-5-9-26/h2-3,6-7,10-12H,4-5,8-9,13H2,1H3,(H,23,24). The van der Waals surface area contributed by atoms with Crippen molar-refractivity contribution in [3.63, 3.8) is 0 Å². The molecule has 0 spiro atoms. The molecule has 0 saturated carbocycles. The first-order valence-electron chi connectivity index (χ1n) is 9.47. The zero-order valence-electron chi connectivity index (χ0n) is 15.7. The van der Waals surface area contributed by atoms with Crippen molar-refractivity contribution >= 4 is 28.0 Å². The van der Waals surface area contributed by atoms with Crippen molar-refractivity contribution in [3.8, 4) is 11.4 Å². The Labute approximate surface area is 167 Å². The molecule has 0 aliphatic carbocycles. The first-order valence-corrected chi connectivity index (χ1v) is 10.2. The third kappa shape index (κ3) is 3.36. The van der Waals surface area contributed by atoms with Gasteiger partial charge >= 0.3 is 0 Å². The van der Waals surface area contributed by atoms with Crippen LogP contribution in [0.2, 0.25) is 0 Å². The summed E-state index contributed by atoms with van der Waals surface area (Å²) < 4.78 is 6.64. The molecule has 1 fully saturated rings. The zero-order valence-corrected chi connectivity index (χ0v) is 16.5. The number of aryl methyl sites for hydroxylation is 1. The predicted octanol–water partition coefficient (Wildman–Crippen LogP) is 3.90. The van der Waals surface area contributed by atoms with E-state index in [4.69, 9.17) is 0 Å². The molecule has 8 heteroatoms. The molecule has 4 aromatic heterocycles. The summed E-state index contributed by atoms with van der Waals surface area (Å²) >= 11 is 1.47. The summed E-state index contributed by atoms with van der Waals surface area (Å²) in [6.07, 6.45) is 8.21. The Morgan fingerprint density at radius 3 is 2.89 bits per heavy atom. The van der Waals surface area contributed by atoms with Crippen LogP contribution >= 0.6 is 11.5 Å². The molecule has 1 saturated heterocycles. The molecule has 5 rings (SSSR count). The van der Waals surface area contributed by atoms with Crippen LogP contribution < -0.4 is 5.32 Å². The first-order chi connectivity index (χ1) is 13.8. The Bertz CT molecular complexity index is 1100. The largest absolute Gasteiger partial charge is 0.328 e. The number of hydrogen-bond donors (Lipinski definition) is 1. The lowest BCUT2D eigenvalue weighted by atomic mass is 10.3. The maximum absolute atomic E-state index is 4.67. The van der Waals surface area contributed by atoms with E-state index in [1.165, 1.54) is 37.5 Å². The number of likely N-dealkylation sites (tertiary alicyclic amines) is 1. The highest BCUT2D eigenvalue weighted by Crippen LogP contribution is 2.27.